The second-order valence-electron chi connectivity index (χ2n) is 5.17. The molecule has 0 saturated carbocycles. The van der Waals surface area contributed by atoms with E-state index in [1.54, 1.807) is 0 Å². The van der Waals surface area contributed by atoms with Gasteiger partial charge in [-0.15, -0.1) is 0 Å². The van der Waals surface area contributed by atoms with E-state index in [4.69, 9.17) is 4.74 Å². The summed E-state index contributed by atoms with van der Waals surface area (Å²) in [5.41, 5.74) is 4.29. The van der Waals surface area contributed by atoms with E-state index < -0.39 is 0 Å². The van der Waals surface area contributed by atoms with E-state index in [9.17, 15) is 10.1 Å². The quantitative estimate of drug-likeness (QED) is 0.619. The molecule has 0 aliphatic heterocycles. The maximum atomic E-state index is 11.9. The predicted molar refractivity (Wildman–Crippen MR) is 90.1 cm³/mol. The van der Waals surface area contributed by atoms with Crippen molar-refractivity contribution in [2.45, 2.75) is 32.4 Å². The Kier molecular flexibility index (Phi) is 5.78. The Hall–Kier alpha value is -2.32. The molecular weight excluding hydrogens is 308 g/mol. The first kappa shape index (κ1) is 17.0. The molecule has 0 aliphatic carbocycles. The average molecular weight is 326 g/mol. The Balaban J connectivity index is 1.98. The lowest BCUT2D eigenvalue weighted by molar-refractivity contribution is -0.141. The van der Waals surface area contributed by atoms with Crippen LogP contribution in [0.4, 0.5) is 0 Å². The maximum absolute atomic E-state index is 11.9. The van der Waals surface area contributed by atoms with Crippen LogP contribution in [0.5, 0.6) is 0 Å². The van der Waals surface area contributed by atoms with Crippen molar-refractivity contribution in [3.05, 3.63) is 58.3 Å². The summed E-state index contributed by atoms with van der Waals surface area (Å²) in [6, 6.07) is 11.7. The molecule has 23 heavy (non-hydrogen) atoms. The monoisotopic (exact) mass is 326 g/mol. The highest BCUT2D eigenvalue weighted by molar-refractivity contribution is 7.99. The van der Waals surface area contributed by atoms with Gasteiger partial charge in [0.05, 0.1) is 11.3 Å². The van der Waals surface area contributed by atoms with Crippen LogP contribution in [0, 0.1) is 32.1 Å². The lowest BCUT2D eigenvalue weighted by atomic mass is 10.1. The summed E-state index contributed by atoms with van der Waals surface area (Å²) in [5.74, 6) is -0.184. The molecule has 1 aromatic carbocycles. The standard InChI is InChI=1S/C18H18N2O2S/c1-12-13(2)16(9-19)18(20-14(12)3)23-11-17(21)22-10-15-7-5-4-6-8-15/h4-8H,10-11H2,1-3H3. The van der Waals surface area contributed by atoms with Crippen LogP contribution < -0.4 is 0 Å². The highest BCUT2D eigenvalue weighted by Crippen LogP contribution is 2.26. The van der Waals surface area contributed by atoms with Crippen LogP contribution in [0.2, 0.25) is 0 Å². The van der Waals surface area contributed by atoms with Crippen LogP contribution >= 0.6 is 11.8 Å². The number of carbonyl (C=O) groups is 1. The van der Waals surface area contributed by atoms with Gasteiger partial charge >= 0.3 is 5.97 Å². The molecule has 0 radical (unpaired) electrons. The number of hydrogen-bond donors (Lipinski definition) is 0. The fraction of sp³-hybridized carbons (Fsp3) is 0.278. The molecule has 5 heteroatoms. The molecule has 0 fully saturated rings. The SMILES string of the molecule is Cc1nc(SCC(=O)OCc2ccccc2)c(C#N)c(C)c1C. The smallest absolute Gasteiger partial charge is 0.316 e. The highest BCUT2D eigenvalue weighted by Gasteiger charge is 2.14. The topological polar surface area (TPSA) is 63.0 Å². The number of aryl methyl sites for hydroxylation is 1. The first-order valence-electron chi connectivity index (χ1n) is 7.23. The molecule has 0 bridgehead atoms. The van der Waals surface area contributed by atoms with Crippen LogP contribution in [0.1, 0.15) is 27.9 Å². The summed E-state index contributed by atoms with van der Waals surface area (Å²) in [6.07, 6.45) is 0. The zero-order valence-electron chi connectivity index (χ0n) is 13.4. The van der Waals surface area contributed by atoms with Crippen LogP contribution in [0.3, 0.4) is 0 Å². The fourth-order valence-electron chi connectivity index (χ4n) is 2.05. The minimum atomic E-state index is -0.319. The fourth-order valence-corrected chi connectivity index (χ4v) is 2.94. The molecule has 1 heterocycles. The second kappa shape index (κ2) is 7.80. The zero-order chi connectivity index (χ0) is 16.8. The Bertz CT molecular complexity index is 752. The first-order chi connectivity index (χ1) is 11.0. The normalized spacial score (nSPS) is 10.2. The summed E-state index contributed by atoms with van der Waals surface area (Å²) in [6.45, 7) is 6.01. The number of nitriles is 1. The van der Waals surface area contributed by atoms with Gasteiger partial charge in [0.1, 0.15) is 17.7 Å². The van der Waals surface area contributed by atoms with E-state index >= 15 is 0 Å². The van der Waals surface area contributed by atoms with E-state index in [2.05, 4.69) is 11.1 Å². The third-order valence-corrected chi connectivity index (χ3v) is 4.59. The van der Waals surface area contributed by atoms with Gasteiger partial charge in [-0.3, -0.25) is 4.79 Å². The third-order valence-electron chi connectivity index (χ3n) is 3.64. The number of thioether (sulfide) groups is 1. The molecule has 0 atom stereocenters. The Morgan fingerprint density at radius 2 is 1.91 bits per heavy atom. The maximum Gasteiger partial charge on any atom is 0.316 e. The van der Waals surface area contributed by atoms with E-state index in [-0.39, 0.29) is 18.3 Å². The van der Waals surface area contributed by atoms with Gasteiger partial charge in [-0.1, -0.05) is 42.1 Å². The van der Waals surface area contributed by atoms with Gasteiger partial charge in [0, 0.05) is 5.69 Å². The summed E-state index contributed by atoms with van der Waals surface area (Å²) < 4.78 is 5.24. The Morgan fingerprint density at radius 1 is 1.22 bits per heavy atom. The van der Waals surface area contributed by atoms with Gasteiger partial charge in [-0.05, 0) is 37.5 Å². The Morgan fingerprint density at radius 3 is 2.57 bits per heavy atom. The molecule has 2 aromatic rings. The van der Waals surface area contributed by atoms with Crippen molar-refractivity contribution in [1.29, 1.82) is 5.26 Å². The highest BCUT2D eigenvalue weighted by atomic mass is 32.2. The van der Waals surface area contributed by atoms with E-state index in [1.807, 2.05) is 51.1 Å². The number of carbonyl (C=O) groups excluding carboxylic acids is 1. The Labute approximate surface area is 140 Å². The lowest BCUT2D eigenvalue weighted by Gasteiger charge is -2.11. The molecule has 0 aliphatic rings. The lowest BCUT2D eigenvalue weighted by Crippen LogP contribution is -2.08. The first-order valence-corrected chi connectivity index (χ1v) is 8.21. The van der Waals surface area contributed by atoms with Gasteiger partial charge in [-0.2, -0.15) is 5.26 Å². The number of ether oxygens (including phenoxy) is 1. The van der Waals surface area contributed by atoms with Crippen molar-refractivity contribution in [2.75, 3.05) is 5.75 Å². The van der Waals surface area contributed by atoms with Crippen molar-refractivity contribution in [2.24, 2.45) is 0 Å². The van der Waals surface area contributed by atoms with Crippen LogP contribution in [0.25, 0.3) is 0 Å². The number of esters is 1. The number of pyridine rings is 1. The summed E-state index contributed by atoms with van der Waals surface area (Å²) in [7, 11) is 0. The van der Waals surface area contributed by atoms with Gasteiger partial charge in [-0.25, -0.2) is 4.98 Å². The molecule has 0 amide bonds. The molecular formula is C18H18N2O2S. The van der Waals surface area contributed by atoms with Crippen molar-refractivity contribution in [1.82, 2.24) is 4.98 Å². The minimum absolute atomic E-state index is 0.135. The second-order valence-corrected chi connectivity index (χ2v) is 6.14. The molecule has 0 N–H and O–H groups in total. The van der Waals surface area contributed by atoms with Crippen LogP contribution in [-0.4, -0.2) is 16.7 Å². The van der Waals surface area contributed by atoms with Gasteiger partial charge in [0.2, 0.25) is 0 Å². The van der Waals surface area contributed by atoms with Gasteiger partial charge in [0.25, 0.3) is 0 Å². The molecule has 0 spiro atoms. The summed E-state index contributed by atoms with van der Waals surface area (Å²) in [5, 5.41) is 9.90. The molecule has 0 saturated heterocycles. The van der Waals surface area contributed by atoms with E-state index in [0.717, 1.165) is 22.4 Å². The molecule has 0 unspecified atom stereocenters. The number of hydrogen-bond acceptors (Lipinski definition) is 5. The summed E-state index contributed by atoms with van der Waals surface area (Å²) >= 11 is 1.24. The predicted octanol–water partition coefficient (Wildman–Crippen LogP) is 3.71. The van der Waals surface area contributed by atoms with Crippen LogP contribution in [-0.2, 0) is 16.1 Å². The van der Waals surface area contributed by atoms with Crippen molar-refractivity contribution in [3.63, 3.8) is 0 Å². The van der Waals surface area contributed by atoms with Crippen LogP contribution in [0.15, 0.2) is 35.4 Å². The van der Waals surface area contributed by atoms with E-state index in [0.29, 0.717) is 10.6 Å². The molecule has 4 nitrogen and oxygen atoms in total. The molecule has 2 rings (SSSR count). The number of rotatable bonds is 5. The van der Waals surface area contributed by atoms with Gasteiger partial charge in [0.15, 0.2) is 0 Å². The summed E-state index contributed by atoms with van der Waals surface area (Å²) in [4.78, 5) is 16.3. The van der Waals surface area contributed by atoms with Crippen molar-refractivity contribution >= 4 is 17.7 Å². The van der Waals surface area contributed by atoms with Gasteiger partial charge < -0.3 is 4.74 Å². The van der Waals surface area contributed by atoms with E-state index in [1.165, 1.54) is 11.8 Å². The molecule has 1 aromatic heterocycles. The minimum Gasteiger partial charge on any atom is -0.460 e. The average Bonchev–Trinajstić information content (AvgIpc) is 2.57. The van der Waals surface area contributed by atoms with Crippen molar-refractivity contribution < 1.29 is 9.53 Å². The number of benzene rings is 1. The number of aromatic nitrogens is 1. The zero-order valence-corrected chi connectivity index (χ0v) is 14.2. The van der Waals surface area contributed by atoms with Crippen molar-refractivity contribution in [3.8, 4) is 6.07 Å². The largest absolute Gasteiger partial charge is 0.460 e. The third kappa shape index (κ3) is 4.33. The number of nitrogens with zero attached hydrogens (tertiary/aromatic N) is 2. The molecule has 118 valence electrons.